The van der Waals surface area contributed by atoms with Gasteiger partial charge in [-0.15, -0.1) is 0 Å². The van der Waals surface area contributed by atoms with Gasteiger partial charge in [0.25, 0.3) is 0 Å². The Morgan fingerprint density at radius 1 is 1.36 bits per heavy atom. The zero-order valence-electron chi connectivity index (χ0n) is 5.76. The Labute approximate surface area is 64.2 Å². The summed E-state index contributed by atoms with van der Waals surface area (Å²) in [5, 5.41) is 0. The minimum absolute atomic E-state index is 0.120. The monoisotopic (exact) mass is 174 g/mol. The Balaban J connectivity index is 2.82. The standard InChI is InChI=1S/C5H6N2O3S/c1-11(8,9)10-5-2-6-4-7-3-5/h2-4H,1H3. The highest BCUT2D eigenvalue weighted by Crippen LogP contribution is 2.06. The first kappa shape index (κ1) is 7.93. The normalized spacial score (nSPS) is 11.0. The second-order valence-electron chi connectivity index (χ2n) is 1.86. The smallest absolute Gasteiger partial charge is 0.306 e. The summed E-state index contributed by atoms with van der Waals surface area (Å²) < 4.78 is 25.5. The first-order valence-corrected chi connectivity index (χ1v) is 4.54. The van der Waals surface area contributed by atoms with Gasteiger partial charge in [0.05, 0.1) is 18.6 Å². The highest BCUT2D eigenvalue weighted by Gasteiger charge is 2.02. The molecule has 0 atom stereocenters. The van der Waals surface area contributed by atoms with E-state index in [1.807, 2.05) is 0 Å². The molecule has 0 fully saturated rings. The van der Waals surface area contributed by atoms with Crippen molar-refractivity contribution in [2.75, 3.05) is 6.26 Å². The van der Waals surface area contributed by atoms with E-state index in [2.05, 4.69) is 14.2 Å². The van der Waals surface area contributed by atoms with Crippen molar-refractivity contribution in [2.24, 2.45) is 0 Å². The van der Waals surface area contributed by atoms with Crippen molar-refractivity contribution in [3.05, 3.63) is 18.7 Å². The van der Waals surface area contributed by atoms with E-state index < -0.39 is 10.1 Å². The Hall–Kier alpha value is -1.17. The average Bonchev–Trinajstić information content (AvgIpc) is 1.85. The zero-order chi connectivity index (χ0) is 8.32. The summed E-state index contributed by atoms with van der Waals surface area (Å²) in [6.45, 7) is 0. The van der Waals surface area contributed by atoms with Crippen LogP contribution in [0.3, 0.4) is 0 Å². The molecule has 60 valence electrons. The molecule has 0 aliphatic heterocycles. The molecule has 0 radical (unpaired) electrons. The molecule has 11 heavy (non-hydrogen) atoms. The largest absolute Gasteiger partial charge is 0.379 e. The van der Waals surface area contributed by atoms with Gasteiger partial charge in [-0.05, 0) is 0 Å². The molecule has 6 heteroatoms. The van der Waals surface area contributed by atoms with Gasteiger partial charge in [-0.25, -0.2) is 9.97 Å². The van der Waals surface area contributed by atoms with Crippen molar-refractivity contribution < 1.29 is 12.6 Å². The van der Waals surface area contributed by atoms with E-state index in [0.29, 0.717) is 0 Å². The van der Waals surface area contributed by atoms with Crippen LogP contribution >= 0.6 is 0 Å². The third-order valence-corrected chi connectivity index (χ3v) is 1.28. The lowest BCUT2D eigenvalue weighted by atomic mass is 10.6. The molecule has 1 rings (SSSR count). The molecule has 1 heterocycles. The lowest BCUT2D eigenvalue weighted by Crippen LogP contribution is -2.05. The molecule has 0 aliphatic rings. The van der Waals surface area contributed by atoms with Crippen molar-refractivity contribution in [3.63, 3.8) is 0 Å². The molecule has 0 spiro atoms. The predicted octanol–water partition coefficient (Wildman–Crippen LogP) is -0.185. The molecule has 5 nitrogen and oxygen atoms in total. The van der Waals surface area contributed by atoms with Crippen LogP contribution in [0.1, 0.15) is 0 Å². The second kappa shape index (κ2) is 2.83. The van der Waals surface area contributed by atoms with Crippen LogP contribution in [0.15, 0.2) is 18.7 Å². The molecule has 0 N–H and O–H groups in total. The molecule has 0 unspecified atom stereocenters. The first-order valence-electron chi connectivity index (χ1n) is 2.72. The van der Waals surface area contributed by atoms with Crippen LogP contribution in [0.5, 0.6) is 5.75 Å². The number of aromatic nitrogens is 2. The molecule has 1 aromatic heterocycles. The van der Waals surface area contributed by atoms with E-state index in [4.69, 9.17) is 0 Å². The third-order valence-electron chi connectivity index (χ3n) is 0.784. The predicted molar refractivity (Wildman–Crippen MR) is 37.5 cm³/mol. The van der Waals surface area contributed by atoms with E-state index in [-0.39, 0.29) is 5.75 Å². The van der Waals surface area contributed by atoms with Crippen LogP contribution in [0.2, 0.25) is 0 Å². The van der Waals surface area contributed by atoms with E-state index in [0.717, 1.165) is 6.26 Å². The number of rotatable bonds is 2. The lowest BCUT2D eigenvalue weighted by molar-refractivity contribution is 0.490. The van der Waals surface area contributed by atoms with Crippen LogP contribution in [0.4, 0.5) is 0 Å². The van der Waals surface area contributed by atoms with Crippen LogP contribution in [-0.4, -0.2) is 24.6 Å². The minimum Gasteiger partial charge on any atom is -0.379 e. The third kappa shape index (κ3) is 2.94. The molecule has 0 aromatic carbocycles. The molecule has 0 aliphatic carbocycles. The molecule has 0 saturated heterocycles. The molecule has 0 amide bonds. The Morgan fingerprint density at radius 3 is 2.36 bits per heavy atom. The molecule has 0 bridgehead atoms. The topological polar surface area (TPSA) is 69.2 Å². The van der Waals surface area contributed by atoms with Crippen LogP contribution in [0, 0.1) is 0 Å². The Kier molecular flexibility index (Phi) is 2.04. The van der Waals surface area contributed by atoms with Gasteiger partial charge in [-0.3, -0.25) is 0 Å². The van der Waals surface area contributed by atoms with Crippen molar-refractivity contribution in [1.29, 1.82) is 0 Å². The van der Waals surface area contributed by atoms with E-state index in [1.165, 1.54) is 18.7 Å². The summed E-state index contributed by atoms with van der Waals surface area (Å²) in [6, 6.07) is 0. The quantitative estimate of drug-likeness (QED) is 0.581. The number of hydrogen-bond donors (Lipinski definition) is 0. The van der Waals surface area contributed by atoms with Crippen molar-refractivity contribution in [1.82, 2.24) is 9.97 Å². The van der Waals surface area contributed by atoms with Crippen LogP contribution in [-0.2, 0) is 10.1 Å². The van der Waals surface area contributed by atoms with Crippen molar-refractivity contribution in [3.8, 4) is 5.75 Å². The van der Waals surface area contributed by atoms with Gasteiger partial charge in [0, 0.05) is 0 Å². The van der Waals surface area contributed by atoms with Crippen molar-refractivity contribution in [2.45, 2.75) is 0 Å². The summed E-state index contributed by atoms with van der Waals surface area (Å²) in [6.07, 6.45) is 4.79. The maximum atomic E-state index is 10.5. The molecule has 0 saturated carbocycles. The molecule has 1 aromatic rings. The summed E-state index contributed by atoms with van der Waals surface area (Å²) in [5.41, 5.74) is 0. The Morgan fingerprint density at radius 2 is 1.91 bits per heavy atom. The second-order valence-corrected chi connectivity index (χ2v) is 3.44. The maximum absolute atomic E-state index is 10.5. The highest BCUT2D eigenvalue weighted by atomic mass is 32.2. The van der Waals surface area contributed by atoms with Crippen LogP contribution in [0.25, 0.3) is 0 Å². The van der Waals surface area contributed by atoms with Gasteiger partial charge >= 0.3 is 10.1 Å². The summed E-state index contributed by atoms with van der Waals surface area (Å²) in [5.74, 6) is 0.120. The Bertz CT molecular complexity index is 321. The fourth-order valence-electron chi connectivity index (χ4n) is 0.503. The molecular weight excluding hydrogens is 168 g/mol. The van der Waals surface area contributed by atoms with E-state index in [1.54, 1.807) is 0 Å². The average molecular weight is 174 g/mol. The van der Waals surface area contributed by atoms with E-state index >= 15 is 0 Å². The minimum atomic E-state index is -3.46. The number of hydrogen-bond acceptors (Lipinski definition) is 5. The van der Waals surface area contributed by atoms with Gasteiger partial charge in [-0.2, -0.15) is 8.42 Å². The lowest BCUT2D eigenvalue weighted by Gasteiger charge is -1.98. The van der Waals surface area contributed by atoms with E-state index in [9.17, 15) is 8.42 Å². The SMILES string of the molecule is CS(=O)(=O)Oc1cncnc1. The van der Waals surface area contributed by atoms with Gasteiger partial charge in [0.2, 0.25) is 0 Å². The van der Waals surface area contributed by atoms with Crippen molar-refractivity contribution >= 4 is 10.1 Å². The molecular formula is C5H6N2O3S. The zero-order valence-corrected chi connectivity index (χ0v) is 6.58. The summed E-state index contributed by atoms with van der Waals surface area (Å²) in [7, 11) is -3.46. The van der Waals surface area contributed by atoms with Gasteiger partial charge in [-0.1, -0.05) is 0 Å². The maximum Gasteiger partial charge on any atom is 0.306 e. The van der Waals surface area contributed by atoms with Gasteiger partial charge in [0.1, 0.15) is 6.33 Å². The highest BCUT2D eigenvalue weighted by molar-refractivity contribution is 7.86. The summed E-state index contributed by atoms with van der Waals surface area (Å²) >= 11 is 0. The first-order chi connectivity index (χ1) is 5.08. The summed E-state index contributed by atoms with van der Waals surface area (Å²) in [4.78, 5) is 7.14. The van der Waals surface area contributed by atoms with Gasteiger partial charge in [0.15, 0.2) is 5.75 Å². The van der Waals surface area contributed by atoms with Crippen LogP contribution < -0.4 is 4.18 Å². The fourth-order valence-corrected chi connectivity index (χ4v) is 0.939. The number of nitrogens with zero attached hydrogens (tertiary/aromatic N) is 2. The fraction of sp³-hybridized carbons (Fsp3) is 0.200. The van der Waals surface area contributed by atoms with Gasteiger partial charge < -0.3 is 4.18 Å².